The van der Waals surface area contributed by atoms with Crippen LogP contribution in [0.2, 0.25) is 0 Å². The van der Waals surface area contributed by atoms with Crippen LogP contribution < -0.4 is 0 Å². The summed E-state index contributed by atoms with van der Waals surface area (Å²) < 4.78 is 6.59. The quantitative estimate of drug-likeness (QED) is 0.175. The second kappa shape index (κ2) is 11.8. The predicted octanol–water partition coefficient (Wildman–Crippen LogP) is 12.4. The van der Waals surface area contributed by atoms with Crippen molar-refractivity contribution in [2.75, 3.05) is 6.54 Å². The van der Waals surface area contributed by atoms with Crippen LogP contribution in [-0.2, 0) is 6.42 Å². The van der Waals surface area contributed by atoms with Crippen LogP contribution in [0.15, 0.2) is 167 Å². The molecule has 4 heterocycles. The molecule has 0 amide bonds. The molecule has 0 spiro atoms. The third-order valence-corrected chi connectivity index (χ3v) is 10.8. The molecule has 11 rings (SSSR count). The zero-order chi connectivity index (χ0) is 34.9. The van der Waals surface area contributed by atoms with E-state index in [9.17, 15) is 0 Å². The van der Waals surface area contributed by atoms with Gasteiger partial charge in [-0.05, 0) is 58.7 Å². The van der Waals surface area contributed by atoms with Gasteiger partial charge in [-0.15, -0.1) is 0 Å². The maximum Gasteiger partial charge on any atom is 0.144 e. The summed E-state index contributed by atoms with van der Waals surface area (Å²) in [6.07, 6.45) is 5.20. The monoisotopic (exact) mass is 677 g/mol. The van der Waals surface area contributed by atoms with E-state index in [1.54, 1.807) is 0 Å². The van der Waals surface area contributed by atoms with Crippen LogP contribution in [0.5, 0.6) is 0 Å². The van der Waals surface area contributed by atoms with E-state index in [1.807, 2.05) is 18.2 Å². The molecule has 0 saturated heterocycles. The van der Waals surface area contributed by atoms with Gasteiger partial charge in [-0.25, -0.2) is 9.97 Å². The minimum atomic E-state index is 0.670. The summed E-state index contributed by atoms with van der Waals surface area (Å²) in [5.41, 5.74) is 12.5. The number of furan rings is 1. The average Bonchev–Trinajstić information content (AvgIpc) is 3.60. The lowest BCUT2D eigenvalue weighted by Gasteiger charge is -2.16. The van der Waals surface area contributed by atoms with Crippen LogP contribution in [0.4, 0.5) is 0 Å². The summed E-state index contributed by atoms with van der Waals surface area (Å²) in [6, 6.07) is 53.3. The Hall–Kier alpha value is -6.91. The molecule has 10 aromatic rings. The van der Waals surface area contributed by atoms with E-state index in [1.165, 1.54) is 11.1 Å². The molecular weight excluding hydrogens is 647 g/mol. The highest BCUT2D eigenvalue weighted by Crippen LogP contribution is 2.42. The van der Waals surface area contributed by atoms with Gasteiger partial charge < -0.3 is 4.42 Å². The molecule has 248 valence electrons. The van der Waals surface area contributed by atoms with E-state index >= 15 is 0 Å². The molecule has 0 saturated carbocycles. The third-order valence-electron chi connectivity index (χ3n) is 10.8. The fraction of sp³-hybridized carbons (Fsp3) is 0.0408. The maximum atomic E-state index is 6.59. The molecule has 0 aliphatic carbocycles. The number of para-hydroxylation sites is 2. The number of rotatable bonds is 3. The van der Waals surface area contributed by atoms with E-state index in [4.69, 9.17) is 19.4 Å². The number of hydrogen-bond acceptors (Lipinski definition) is 4. The Bertz CT molecular complexity index is 3170. The van der Waals surface area contributed by atoms with E-state index in [0.717, 1.165) is 105 Å². The Labute approximate surface area is 305 Å². The molecule has 0 N–H and O–H groups in total. The van der Waals surface area contributed by atoms with Gasteiger partial charge in [0.15, 0.2) is 0 Å². The van der Waals surface area contributed by atoms with Crippen molar-refractivity contribution in [1.82, 2.24) is 9.97 Å². The Kier molecular flexibility index (Phi) is 6.65. The largest absolute Gasteiger partial charge is 0.455 e. The number of benzene rings is 7. The molecular formula is C49H31N3O. The normalized spacial score (nSPS) is 14.8. The van der Waals surface area contributed by atoms with Crippen molar-refractivity contribution in [2.24, 2.45) is 4.99 Å². The SMILES string of the molecule is C1=C\c2ccc3ccc(-c4ccccc4)nc3c2CC\N=C/1c1ccc(-c2nc3ccccc3c3c2ccc2c4ccccc4oc23)c2ccccc12. The van der Waals surface area contributed by atoms with E-state index in [-0.39, 0.29) is 0 Å². The topological polar surface area (TPSA) is 51.3 Å². The highest BCUT2D eigenvalue weighted by atomic mass is 16.3. The van der Waals surface area contributed by atoms with Crippen molar-refractivity contribution in [3.8, 4) is 22.5 Å². The molecule has 4 heteroatoms. The molecule has 7 aromatic carbocycles. The first kappa shape index (κ1) is 29.8. The third kappa shape index (κ3) is 4.73. The van der Waals surface area contributed by atoms with E-state index in [2.05, 4.69) is 146 Å². The predicted molar refractivity (Wildman–Crippen MR) is 221 cm³/mol. The van der Waals surface area contributed by atoms with Gasteiger partial charge in [0.1, 0.15) is 11.2 Å². The van der Waals surface area contributed by atoms with Gasteiger partial charge in [0.05, 0.1) is 28.1 Å². The van der Waals surface area contributed by atoms with Gasteiger partial charge in [-0.2, -0.15) is 0 Å². The molecule has 0 fully saturated rings. The molecule has 0 atom stereocenters. The molecule has 0 bridgehead atoms. The van der Waals surface area contributed by atoms with Gasteiger partial charge in [0.25, 0.3) is 0 Å². The number of allylic oxidation sites excluding steroid dienone is 1. The van der Waals surface area contributed by atoms with Crippen LogP contribution >= 0.6 is 0 Å². The minimum Gasteiger partial charge on any atom is -0.455 e. The Morgan fingerprint density at radius 2 is 1.23 bits per heavy atom. The summed E-state index contributed by atoms with van der Waals surface area (Å²) in [7, 11) is 0. The van der Waals surface area contributed by atoms with Crippen LogP contribution in [-0.4, -0.2) is 22.2 Å². The fourth-order valence-electron chi connectivity index (χ4n) is 8.29. The van der Waals surface area contributed by atoms with Crippen molar-refractivity contribution in [3.05, 3.63) is 174 Å². The van der Waals surface area contributed by atoms with Crippen molar-refractivity contribution >= 4 is 77.1 Å². The molecule has 53 heavy (non-hydrogen) atoms. The first-order chi connectivity index (χ1) is 26.3. The lowest BCUT2D eigenvalue weighted by Crippen LogP contribution is -2.06. The van der Waals surface area contributed by atoms with E-state index < -0.39 is 0 Å². The van der Waals surface area contributed by atoms with Gasteiger partial charge in [-0.1, -0.05) is 133 Å². The lowest BCUT2D eigenvalue weighted by atomic mass is 9.91. The second-order valence-corrected chi connectivity index (χ2v) is 13.8. The number of aromatic nitrogens is 2. The van der Waals surface area contributed by atoms with Gasteiger partial charge in [0, 0.05) is 55.6 Å². The minimum absolute atomic E-state index is 0.670. The fourth-order valence-corrected chi connectivity index (χ4v) is 8.29. The zero-order valence-corrected chi connectivity index (χ0v) is 28.8. The molecule has 0 unspecified atom stereocenters. The molecule has 0 radical (unpaired) electrons. The maximum absolute atomic E-state index is 6.59. The highest BCUT2D eigenvalue weighted by Gasteiger charge is 2.20. The molecule has 1 aliphatic rings. The highest BCUT2D eigenvalue weighted by molar-refractivity contribution is 6.26. The van der Waals surface area contributed by atoms with E-state index in [0.29, 0.717) is 6.54 Å². The summed E-state index contributed by atoms with van der Waals surface area (Å²) in [5, 5.41) is 8.94. The van der Waals surface area contributed by atoms with Crippen LogP contribution in [0.3, 0.4) is 0 Å². The number of pyridine rings is 2. The van der Waals surface area contributed by atoms with Crippen molar-refractivity contribution in [1.29, 1.82) is 0 Å². The average molecular weight is 678 g/mol. The molecule has 1 aliphatic heterocycles. The Balaban J connectivity index is 1.05. The van der Waals surface area contributed by atoms with Crippen molar-refractivity contribution in [3.63, 3.8) is 0 Å². The van der Waals surface area contributed by atoms with Crippen molar-refractivity contribution in [2.45, 2.75) is 6.42 Å². The standard InChI is InChI=1S/C49H31N3O/c1-2-10-31(11-3-1)42-26-21-32-19-18-30-20-27-43(50-29-28-33(30)47(32)51-42)36-22-23-38(35-13-5-4-12-34(35)36)48-41-25-24-39-37-14-7-9-17-45(37)53-49(39)46(41)40-15-6-8-16-44(40)52-48/h1-27H,28-29H2/b27-20-,50-43+. The van der Waals surface area contributed by atoms with Gasteiger partial charge in [0.2, 0.25) is 0 Å². The first-order valence-corrected chi connectivity index (χ1v) is 18.1. The molecule has 3 aromatic heterocycles. The zero-order valence-electron chi connectivity index (χ0n) is 28.8. The van der Waals surface area contributed by atoms with Gasteiger partial charge in [-0.3, -0.25) is 4.99 Å². The number of hydrogen-bond donors (Lipinski definition) is 0. The Morgan fingerprint density at radius 3 is 2.11 bits per heavy atom. The summed E-state index contributed by atoms with van der Waals surface area (Å²) in [6.45, 7) is 0.670. The Morgan fingerprint density at radius 1 is 0.509 bits per heavy atom. The van der Waals surface area contributed by atoms with Crippen LogP contribution in [0.1, 0.15) is 16.7 Å². The summed E-state index contributed by atoms with van der Waals surface area (Å²) in [4.78, 5) is 15.7. The number of fused-ring (bicyclic) bond motifs is 11. The first-order valence-electron chi connectivity index (χ1n) is 18.1. The lowest BCUT2D eigenvalue weighted by molar-refractivity contribution is 0.673. The smallest absolute Gasteiger partial charge is 0.144 e. The second-order valence-electron chi connectivity index (χ2n) is 13.8. The number of nitrogens with zero attached hydrogens (tertiary/aromatic N) is 3. The number of aliphatic imine (C=N–C) groups is 1. The summed E-state index contributed by atoms with van der Waals surface area (Å²) >= 11 is 0. The van der Waals surface area contributed by atoms with Crippen LogP contribution in [0, 0.1) is 0 Å². The van der Waals surface area contributed by atoms with Crippen LogP contribution in [0.25, 0.3) is 93.9 Å². The van der Waals surface area contributed by atoms with Gasteiger partial charge >= 0.3 is 0 Å². The van der Waals surface area contributed by atoms with Crippen molar-refractivity contribution < 1.29 is 4.42 Å². The summed E-state index contributed by atoms with van der Waals surface area (Å²) in [5.74, 6) is 0. The molecule has 4 nitrogen and oxygen atoms in total.